The highest BCUT2D eigenvalue weighted by molar-refractivity contribution is 7.47. The zero-order valence-electron chi connectivity index (χ0n) is 68.7. The molecule has 0 aromatic rings. The molecule has 19 heteroatoms. The van der Waals surface area contributed by atoms with Crippen molar-refractivity contribution >= 4 is 39.5 Å². The molecule has 0 aromatic carbocycles. The second-order valence-corrected chi connectivity index (χ2v) is 29.4. The number of hydrogen-bond acceptors (Lipinski definition) is 15. The van der Waals surface area contributed by atoms with Crippen molar-refractivity contribution < 1.29 is 80.2 Å². The summed E-state index contributed by atoms with van der Waals surface area (Å²) >= 11 is 0. The van der Waals surface area contributed by atoms with Crippen LogP contribution in [0, 0.1) is 0 Å². The Kier molecular flexibility index (Phi) is 77.1. The Labute approximate surface area is 676 Å². The third-order valence-electron chi connectivity index (χ3n) is 16.1. The van der Waals surface area contributed by atoms with Crippen LogP contribution < -0.4 is 0 Å². The Morgan fingerprint density at radius 2 is 0.446 bits per heavy atom. The summed E-state index contributed by atoms with van der Waals surface area (Å²) in [5.74, 6) is -2.39. The van der Waals surface area contributed by atoms with Gasteiger partial charge in [0.25, 0.3) is 0 Å². The standard InChI is InChI=1S/C93H144O17P2/c1-5-9-13-17-21-25-29-33-37-41-43-47-50-54-58-62-66-70-74-78-91(96)104-84-89(110-93(98)80-76-72-68-64-60-56-52-48-44-42-38-34-30-26-22-18-14-10-6-2)86-108-112(101,102)106-82-87(94)81-105-111(99,100)107-85-88(109-92(97)79-75-71-67-63-59-55-51-46-40-36-32-28-24-20-16-12-8-4)83-103-90(95)77-73-69-65-61-57-53-49-45-39-35-31-27-23-19-15-11-7-3/h9-16,21-28,33-40,43-44,47-49,51,53-55,58,61,63,65,67,87-89,94H,5-8,17-20,29-32,41-42,45-46,50,52,56-57,59-60,62,64,66,68-86H2,1-4H3,(H,99,100)(H,101,102)/b13-9-,14-10-,15-11-,16-12-,25-21-,26-22-,27-23-,28-24-,37-33-,38-34-,39-35-,40-36-,47-43-,48-44-,53-49-,55-51-,58-54-,65-61-,67-63-. The van der Waals surface area contributed by atoms with Crippen LogP contribution in [0.4, 0.5) is 0 Å². The number of carbonyl (C=O) groups is 4. The largest absolute Gasteiger partial charge is 0.472 e. The van der Waals surface area contributed by atoms with Gasteiger partial charge in [-0.25, -0.2) is 9.13 Å². The van der Waals surface area contributed by atoms with Crippen LogP contribution in [0.2, 0.25) is 0 Å². The van der Waals surface area contributed by atoms with Crippen LogP contribution >= 0.6 is 15.6 Å². The summed E-state index contributed by atoms with van der Waals surface area (Å²) in [5, 5.41) is 10.7. The number of carbonyl (C=O) groups excluding carboxylic acids is 4. The minimum absolute atomic E-state index is 0.00687. The summed E-state index contributed by atoms with van der Waals surface area (Å²) in [6, 6.07) is 0. The molecule has 0 aliphatic heterocycles. The summed E-state index contributed by atoms with van der Waals surface area (Å²) in [6.07, 6.45) is 106. The molecule has 0 radical (unpaired) electrons. The molecule has 0 saturated heterocycles. The van der Waals surface area contributed by atoms with Gasteiger partial charge in [-0.2, -0.15) is 0 Å². The molecule has 5 unspecified atom stereocenters. The fraction of sp³-hybridized carbons (Fsp3) is 0.548. The number of phosphoric acid groups is 2. The Balaban J connectivity index is 5.57. The number of aliphatic hydroxyl groups excluding tert-OH is 1. The van der Waals surface area contributed by atoms with Crippen LogP contribution in [0.15, 0.2) is 231 Å². The lowest BCUT2D eigenvalue weighted by atomic mass is 10.1. The van der Waals surface area contributed by atoms with E-state index in [4.69, 9.17) is 37.0 Å². The Hall–Kier alpha value is -6.88. The molecule has 0 heterocycles. The van der Waals surface area contributed by atoms with Crippen molar-refractivity contribution in [2.45, 2.75) is 290 Å². The molecule has 0 saturated carbocycles. The molecule has 3 N–H and O–H groups in total. The molecule has 0 spiro atoms. The molecule has 0 amide bonds. The summed E-state index contributed by atoms with van der Waals surface area (Å²) in [7, 11) is -10.0. The predicted molar refractivity (Wildman–Crippen MR) is 463 cm³/mol. The quantitative estimate of drug-likeness (QED) is 0.0169. The normalized spacial score (nSPS) is 15.0. The Bertz CT molecular complexity index is 3040. The second kappa shape index (κ2) is 82.1. The van der Waals surface area contributed by atoms with Gasteiger partial charge in [0.1, 0.15) is 19.3 Å². The van der Waals surface area contributed by atoms with Gasteiger partial charge in [-0.1, -0.05) is 291 Å². The number of aliphatic hydroxyl groups is 1. The third-order valence-corrected chi connectivity index (χ3v) is 18.0. The molecule has 0 aliphatic rings. The molecule has 0 aromatic heterocycles. The summed E-state index contributed by atoms with van der Waals surface area (Å²) in [5.41, 5.74) is 0. The van der Waals surface area contributed by atoms with Gasteiger partial charge in [0.2, 0.25) is 0 Å². The van der Waals surface area contributed by atoms with Crippen molar-refractivity contribution in [3.05, 3.63) is 231 Å². The third kappa shape index (κ3) is 81.1. The number of rotatable bonds is 75. The van der Waals surface area contributed by atoms with Crippen molar-refractivity contribution in [2.24, 2.45) is 0 Å². The molecular weight excluding hydrogens is 1450 g/mol. The van der Waals surface area contributed by atoms with E-state index < -0.39 is 97.5 Å². The summed E-state index contributed by atoms with van der Waals surface area (Å²) < 4.78 is 68.6. The van der Waals surface area contributed by atoms with E-state index in [0.29, 0.717) is 38.5 Å². The van der Waals surface area contributed by atoms with E-state index in [1.165, 1.54) is 0 Å². The zero-order chi connectivity index (χ0) is 81.7. The molecule has 5 atom stereocenters. The van der Waals surface area contributed by atoms with E-state index in [9.17, 15) is 43.2 Å². The van der Waals surface area contributed by atoms with Crippen molar-refractivity contribution in [2.75, 3.05) is 39.6 Å². The Morgan fingerprint density at radius 1 is 0.250 bits per heavy atom. The number of ether oxygens (including phenoxy) is 4. The van der Waals surface area contributed by atoms with Crippen molar-refractivity contribution in [1.82, 2.24) is 0 Å². The van der Waals surface area contributed by atoms with Crippen molar-refractivity contribution in [3.63, 3.8) is 0 Å². The maximum Gasteiger partial charge on any atom is 0.472 e. The van der Waals surface area contributed by atoms with Crippen LogP contribution in [0.25, 0.3) is 0 Å². The van der Waals surface area contributed by atoms with E-state index >= 15 is 0 Å². The van der Waals surface area contributed by atoms with Crippen LogP contribution in [0.5, 0.6) is 0 Å². The average molecular weight is 1600 g/mol. The lowest BCUT2D eigenvalue weighted by Crippen LogP contribution is -2.30. The molecule has 0 bridgehead atoms. The molecule has 17 nitrogen and oxygen atoms in total. The number of esters is 4. The van der Waals surface area contributed by atoms with E-state index in [-0.39, 0.29) is 25.7 Å². The van der Waals surface area contributed by atoms with Crippen LogP contribution in [-0.4, -0.2) is 96.7 Å². The molecule has 112 heavy (non-hydrogen) atoms. The highest BCUT2D eigenvalue weighted by atomic mass is 31.2. The fourth-order valence-electron chi connectivity index (χ4n) is 9.95. The maximum absolute atomic E-state index is 13.1. The van der Waals surface area contributed by atoms with E-state index in [1.807, 2.05) is 24.3 Å². The molecule has 0 aliphatic carbocycles. The van der Waals surface area contributed by atoms with Gasteiger partial charge < -0.3 is 33.8 Å². The number of allylic oxidation sites excluding steroid dienone is 38. The first kappa shape index (κ1) is 105. The predicted octanol–water partition coefficient (Wildman–Crippen LogP) is 25.0. The van der Waals surface area contributed by atoms with Gasteiger partial charge in [-0.3, -0.25) is 37.3 Å². The van der Waals surface area contributed by atoms with Crippen LogP contribution in [0.1, 0.15) is 272 Å². The van der Waals surface area contributed by atoms with Gasteiger partial charge in [-0.05, 0) is 186 Å². The lowest BCUT2D eigenvalue weighted by Gasteiger charge is -2.21. The van der Waals surface area contributed by atoms with Crippen molar-refractivity contribution in [1.29, 1.82) is 0 Å². The van der Waals surface area contributed by atoms with E-state index in [2.05, 4.69) is 234 Å². The van der Waals surface area contributed by atoms with Gasteiger partial charge >= 0.3 is 39.5 Å². The van der Waals surface area contributed by atoms with Gasteiger partial charge in [0.15, 0.2) is 12.2 Å². The highest BCUT2D eigenvalue weighted by Gasteiger charge is 2.30. The minimum Gasteiger partial charge on any atom is -0.462 e. The first-order chi connectivity index (χ1) is 54.7. The summed E-state index contributed by atoms with van der Waals surface area (Å²) in [4.78, 5) is 73.2. The number of unbranched alkanes of at least 4 members (excludes halogenated alkanes) is 11. The number of hydrogen-bond donors (Lipinski definition) is 3. The van der Waals surface area contributed by atoms with E-state index in [1.54, 1.807) is 0 Å². The first-order valence-electron chi connectivity index (χ1n) is 41.6. The minimum atomic E-state index is -5.03. The molecule has 0 rings (SSSR count). The SMILES string of the molecule is CC/C=C\C/C=C\C/C=C\C/C=C\C/C=C\CCCCCC(=O)OCC(COP(=O)(O)OCC(O)COP(=O)(O)OCC(COC(=O)CCC/C=C\C/C=C\C/C=C\C/C=C\C/C=C\CC)OC(=O)CCC/C=C\C/C=C\C/C=C\C/C=C\C/C=C\CC)OC(=O)CCCCCCCC/C=C\C/C=C\C/C=C\C/C=C\CC. The first-order valence-corrected chi connectivity index (χ1v) is 44.6. The maximum atomic E-state index is 13.1. The van der Waals surface area contributed by atoms with Crippen molar-refractivity contribution in [3.8, 4) is 0 Å². The highest BCUT2D eigenvalue weighted by Crippen LogP contribution is 2.45. The second-order valence-electron chi connectivity index (χ2n) is 26.5. The molecular formula is C93H144O17P2. The monoisotopic (exact) mass is 1590 g/mol. The summed E-state index contributed by atoms with van der Waals surface area (Å²) in [6.45, 7) is 4.20. The van der Waals surface area contributed by atoms with Crippen LogP contribution in [0.3, 0.4) is 0 Å². The fourth-order valence-corrected chi connectivity index (χ4v) is 11.5. The number of phosphoric ester groups is 2. The topological polar surface area (TPSA) is 237 Å². The zero-order valence-corrected chi connectivity index (χ0v) is 70.5. The smallest absolute Gasteiger partial charge is 0.462 e. The molecule has 0 fully saturated rings. The van der Waals surface area contributed by atoms with Gasteiger partial charge in [0.05, 0.1) is 26.4 Å². The van der Waals surface area contributed by atoms with Crippen LogP contribution in [-0.2, 0) is 65.4 Å². The Morgan fingerprint density at radius 3 is 0.723 bits per heavy atom. The van der Waals surface area contributed by atoms with Gasteiger partial charge in [-0.15, -0.1) is 0 Å². The molecule has 628 valence electrons. The lowest BCUT2D eigenvalue weighted by molar-refractivity contribution is -0.161. The average Bonchev–Trinajstić information content (AvgIpc) is 0.898. The van der Waals surface area contributed by atoms with Gasteiger partial charge in [0, 0.05) is 25.7 Å². The van der Waals surface area contributed by atoms with E-state index in [0.717, 1.165) is 180 Å².